The molecule has 0 saturated carbocycles. The van der Waals surface area contributed by atoms with E-state index in [0.717, 1.165) is 10.7 Å². The molecule has 0 bridgehead atoms. The molecule has 2 N–H and O–H groups in total. The van der Waals surface area contributed by atoms with Gasteiger partial charge in [0, 0.05) is 0 Å². The number of anilines is 1. The number of benzene rings is 1. The average Bonchev–Trinajstić information content (AvgIpc) is 2.59. The summed E-state index contributed by atoms with van der Waals surface area (Å²) in [5, 5.41) is 7.24. The van der Waals surface area contributed by atoms with Crippen molar-refractivity contribution in [1.82, 2.24) is 15.0 Å². The van der Waals surface area contributed by atoms with Crippen LogP contribution in [0, 0.1) is 6.92 Å². The fourth-order valence-electron chi connectivity index (χ4n) is 1.44. The highest BCUT2D eigenvalue weighted by atomic mass is 19.4. The first-order valence-corrected chi connectivity index (χ1v) is 4.75. The van der Waals surface area contributed by atoms with Crippen LogP contribution in [0.2, 0.25) is 0 Å². The van der Waals surface area contributed by atoms with Gasteiger partial charge in [-0.25, -0.2) is 0 Å². The average molecular weight is 242 g/mol. The Morgan fingerprint density at radius 3 is 2.41 bits per heavy atom. The molecule has 17 heavy (non-hydrogen) atoms. The number of nitrogens with zero attached hydrogens (tertiary/aromatic N) is 3. The minimum Gasteiger partial charge on any atom is -0.382 e. The van der Waals surface area contributed by atoms with Crippen LogP contribution in [0.1, 0.15) is 11.3 Å². The van der Waals surface area contributed by atoms with Gasteiger partial charge in [-0.05, 0) is 19.1 Å². The smallest absolute Gasteiger partial charge is 0.382 e. The Kier molecular flexibility index (Phi) is 2.53. The number of hydrogen-bond donors (Lipinski definition) is 1. The third-order valence-electron chi connectivity index (χ3n) is 2.32. The molecule has 0 unspecified atom stereocenters. The SMILES string of the molecule is Cc1nnn(-c2ccccc2C(F)(F)F)c1N. The molecule has 0 fully saturated rings. The van der Waals surface area contributed by atoms with Crippen molar-refractivity contribution < 1.29 is 13.2 Å². The lowest BCUT2D eigenvalue weighted by Gasteiger charge is -2.12. The van der Waals surface area contributed by atoms with Crippen molar-refractivity contribution in [2.24, 2.45) is 0 Å². The fraction of sp³-hybridized carbons (Fsp3) is 0.200. The quantitative estimate of drug-likeness (QED) is 0.833. The van der Waals surface area contributed by atoms with Crippen LogP contribution in [0.5, 0.6) is 0 Å². The summed E-state index contributed by atoms with van der Waals surface area (Å²) in [7, 11) is 0. The summed E-state index contributed by atoms with van der Waals surface area (Å²) in [6.07, 6.45) is -4.46. The van der Waals surface area contributed by atoms with E-state index < -0.39 is 11.7 Å². The third-order valence-corrected chi connectivity index (χ3v) is 2.32. The van der Waals surface area contributed by atoms with E-state index in [1.54, 1.807) is 6.92 Å². The number of aromatic nitrogens is 3. The molecule has 1 aromatic heterocycles. The molecule has 1 aromatic carbocycles. The molecule has 0 amide bonds. The van der Waals surface area contributed by atoms with Crippen LogP contribution in [-0.4, -0.2) is 15.0 Å². The minimum absolute atomic E-state index is 0.0988. The summed E-state index contributed by atoms with van der Waals surface area (Å²) >= 11 is 0. The largest absolute Gasteiger partial charge is 0.418 e. The third kappa shape index (κ3) is 1.95. The number of aryl methyl sites for hydroxylation is 1. The van der Waals surface area contributed by atoms with Crippen LogP contribution in [0.25, 0.3) is 5.69 Å². The molecular formula is C10H9F3N4. The highest BCUT2D eigenvalue weighted by Gasteiger charge is 2.34. The van der Waals surface area contributed by atoms with Gasteiger partial charge in [-0.15, -0.1) is 5.10 Å². The number of nitrogens with two attached hydrogens (primary N) is 1. The zero-order valence-corrected chi connectivity index (χ0v) is 8.86. The van der Waals surface area contributed by atoms with Gasteiger partial charge in [-0.3, -0.25) is 0 Å². The monoisotopic (exact) mass is 242 g/mol. The maximum Gasteiger partial charge on any atom is 0.418 e. The summed E-state index contributed by atoms with van der Waals surface area (Å²) in [4.78, 5) is 0. The second-order valence-corrected chi connectivity index (χ2v) is 3.49. The Labute approximate surface area is 94.9 Å². The number of nitrogen functional groups attached to an aromatic ring is 1. The van der Waals surface area contributed by atoms with E-state index in [4.69, 9.17) is 5.73 Å². The van der Waals surface area contributed by atoms with Crippen LogP contribution in [-0.2, 0) is 6.18 Å². The lowest BCUT2D eigenvalue weighted by molar-refractivity contribution is -0.137. The number of hydrogen-bond acceptors (Lipinski definition) is 3. The van der Waals surface area contributed by atoms with E-state index in [1.807, 2.05) is 0 Å². The first-order valence-electron chi connectivity index (χ1n) is 4.75. The minimum atomic E-state index is -4.46. The van der Waals surface area contributed by atoms with Crippen molar-refractivity contribution in [2.45, 2.75) is 13.1 Å². The number of para-hydroxylation sites is 1. The predicted octanol–water partition coefficient (Wildman–Crippen LogP) is 2.18. The van der Waals surface area contributed by atoms with E-state index in [9.17, 15) is 13.2 Å². The molecule has 0 radical (unpaired) electrons. The van der Waals surface area contributed by atoms with Crippen molar-refractivity contribution in [1.29, 1.82) is 0 Å². The van der Waals surface area contributed by atoms with E-state index in [1.165, 1.54) is 18.2 Å². The molecule has 2 rings (SSSR count). The predicted molar refractivity (Wildman–Crippen MR) is 55.5 cm³/mol. The Morgan fingerprint density at radius 1 is 1.24 bits per heavy atom. The van der Waals surface area contributed by atoms with Crippen LogP contribution < -0.4 is 5.73 Å². The van der Waals surface area contributed by atoms with E-state index >= 15 is 0 Å². The lowest BCUT2D eigenvalue weighted by Crippen LogP contribution is -2.12. The maximum atomic E-state index is 12.8. The van der Waals surface area contributed by atoms with E-state index in [2.05, 4.69) is 10.3 Å². The van der Waals surface area contributed by atoms with Crippen LogP contribution in [0.4, 0.5) is 19.0 Å². The summed E-state index contributed by atoms with van der Waals surface area (Å²) < 4.78 is 39.3. The van der Waals surface area contributed by atoms with Gasteiger partial charge in [0.1, 0.15) is 5.69 Å². The van der Waals surface area contributed by atoms with Gasteiger partial charge in [0.25, 0.3) is 0 Å². The van der Waals surface area contributed by atoms with Gasteiger partial charge in [0.15, 0.2) is 5.82 Å². The second-order valence-electron chi connectivity index (χ2n) is 3.49. The van der Waals surface area contributed by atoms with Gasteiger partial charge in [0.05, 0.1) is 11.3 Å². The van der Waals surface area contributed by atoms with Crippen molar-refractivity contribution >= 4 is 5.82 Å². The highest BCUT2D eigenvalue weighted by molar-refractivity contribution is 5.49. The molecule has 4 nitrogen and oxygen atoms in total. The van der Waals surface area contributed by atoms with Gasteiger partial charge < -0.3 is 5.73 Å². The van der Waals surface area contributed by atoms with Gasteiger partial charge >= 0.3 is 6.18 Å². The Balaban J connectivity index is 2.64. The van der Waals surface area contributed by atoms with Crippen molar-refractivity contribution in [3.05, 3.63) is 35.5 Å². The van der Waals surface area contributed by atoms with Crippen LogP contribution >= 0.6 is 0 Å². The van der Waals surface area contributed by atoms with E-state index in [0.29, 0.717) is 5.69 Å². The summed E-state index contributed by atoms with van der Waals surface area (Å²) in [5.41, 5.74) is 5.09. The first-order chi connectivity index (χ1) is 7.91. The number of alkyl halides is 3. The maximum absolute atomic E-state index is 12.8. The Morgan fingerprint density at radius 2 is 1.88 bits per heavy atom. The fourth-order valence-corrected chi connectivity index (χ4v) is 1.44. The van der Waals surface area contributed by atoms with Crippen LogP contribution in [0.15, 0.2) is 24.3 Å². The van der Waals surface area contributed by atoms with Gasteiger partial charge in [-0.1, -0.05) is 17.3 Å². The molecule has 0 saturated heterocycles. The van der Waals surface area contributed by atoms with Gasteiger partial charge in [0.2, 0.25) is 0 Å². The van der Waals surface area contributed by atoms with Crippen molar-refractivity contribution in [3.8, 4) is 5.69 Å². The molecule has 7 heteroatoms. The second kappa shape index (κ2) is 3.76. The normalized spacial score (nSPS) is 11.8. The molecule has 1 heterocycles. The summed E-state index contributed by atoms with van der Waals surface area (Å²) in [6.45, 7) is 1.58. The topological polar surface area (TPSA) is 56.7 Å². The first kappa shape index (κ1) is 11.4. The van der Waals surface area contributed by atoms with Crippen molar-refractivity contribution in [3.63, 3.8) is 0 Å². The molecular weight excluding hydrogens is 233 g/mol. The number of rotatable bonds is 1. The summed E-state index contributed by atoms with van der Waals surface area (Å²) in [6, 6.07) is 5.08. The molecule has 2 aromatic rings. The highest BCUT2D eigenvalue weighted by Crippen LogP contribution is 2.34. The molecule has 0 aliphatic rings. The lowest BCUT2D eigenvalue weighted by atomic mass is 10.1. The molecule has 0 spiro atoms. The van der Waals surface area contributed by atoms with Crippen LogP contribution in [0.3, 0.4) is 0 Å². The zero-order valence-electron chi connectivity index (χ0n) is 8.86. The standard InChI is InChI=1S/C10H9F3N4/c1-6-9(14)17(16-15-6)8-5-3-2-4-7(8)10(11,12)13/h2-5H,14H2,1H3. The Hall–Kier alpha value is -2.05. The van der Waals surface area contributed by atoms with Crippen molar-refractivity contribution in [2.75, 3.05) is 5.73 Å². The molecule has 0 aliphatic heterocycles. The zero-order chi connectivity index (χ0) is 12.6. The Bertz CT molecular complexity index is 545. The molecule has 0 atom stereocenters. The van der Waals surface area contributed by atoms with Gasteiger partial charge in [-0.2, -0.15) is 17.9 Å². The molecule has 90 valence electrons. The summed E-state index contributed by atoms with van der Waals surface area (Å²) in [5.74, 6) is 0.0988. The number of halogens is 3. The van der Waals surface area contributed by atoms with E-state index in [-0.39, 0.29) is 11.5 Å². The molecule has 0 aliphatic carbocycles.